The maximum absolute atomic E-state index is 10.6. The van der Waals surface area contributed by atoms with Crippen molar-refractivity contribution < 1.29 is 9.66 Å². The predicted octanol–water partition coefficient (Wildman–Crippen LogP) is 0.974. The van der Waals surface area contributed by atoms with Gasteiger partial charge in [-0.05, 0) is 6.07 Å². The van der Waals surface area contributed by atoms with E-state index >= 15 is 0 Å². The maximum atomic E-state index is 10.6. The molecule has 0 atom stereocenters. The Kier molecular flexibility index (Phi) is 3.46. The van der Waals surface area contributed by atoms with Gasteiger partial charge in [0, 0.05) is 12.5 Å². The molecule has 1 rings (SSSR count). The van der Waals surface area contributed by atoms with Crippen LogP contribution in [0.15, 0.2) is 12.1 Å². The van der Waals surface area contributed by atoms with Crippen LogP contribution in [0.3, 0.4) is 0 Å². The summed E-state index contributed by atoms with van der Waals surface area (Å²) in [5, 5.41) is 10.6. The molecule has 6 nitrogen and oxygen atoms in total. The normalized spacial score (nSPS) is 9.27. The molecule has 0 aliphatic rings. The van der Waals surface area contributed by atoms with Gasteiger partial charge in [0.25, 0.3) is 5.88 Å². The summed E-state index contributed by atoms with van der Waals surface area (Å²) in [6.45, 7) is 0.174. The van der Waals surface area contributed by atoms with E-state index in [9.17, 15) is 10.1 Å². The Balaban J connectivity index is 2.88. The first-order valence-electron chi connectivity index (χ1n) is 4.12. The molecule has 0 fully saturated rings. The van der Waals surface area contributed by atoms with E-state index in [1.54, 1.807) is 0 Å². The van der Waals surface area contributed by atoms with E-state index in [-0.39, 0.29) is 24.0 Å². The SMILES string of the molecule is C#CCCOc1nc(N)ccc1[N+](=O)[O-]. The summed E-state index contributed by atoms with van der Waals surface area (Å²) >= 11 is 0. The molecule has 0 bridgehead atoms. The highest BCUT2D eigenvalue weighted by atomic mass is 16.6. The van der Waals surface area contributed by atoms with Gasteiger partial charge in [0.2, 0.25) is 0 Å². The van der Waals surface area contributed by atoms with Crippen LogP contribution in [0.4, 0.5) is 11.5 Å². The van der Waals surface area contributed by atoms with Crippen molar-refractivity contribution in [3.63, 3.8) is 0 Å². The molecule has 0 aliphatic heterocycles. The van der Waals surface area contributed by atoms with Crippen LogP contribution < -0.4 is 10.5 Å². The zero-order valence-corrected chi connectivity index (χ0v) is 7.84. The third kappa shape index (κ3) is 2.84. The number of anilines is 1. The average molecular weight is 207 g/mol. The van der Waals surface area contributed by atoms with Crippen molar-refractivity contribution >= 4 is 11.5 Å². The number of nitrogens with zero attached hydrogens (tertiary/aromatic N) is 2. The summed E-state index contributed by atoms with van der Waals surface area (Å²) in [7, 11) is 0. The molecule has 0 unspecified atom stereocenters. The lowest BCUT2D eigenvalue weighted by atomic mass is 10.4. The van der Waals surface area contributed by atoms with Gasteiger partial charge in [-0.2, -0.15) is 4.98 Å². The highest BCUT2D eigenvalue weighted by Gasteiger charge is 2.16. The second-order valence-electron chi connectivity index (χ2n) is 2.62. The van der Waals surface area contributed by atoms with Gasteiger partial charge in [-0.3, -0.25) is 10.1 Å². The molecule has 0 aromatic carbocycles. The van der Waals surface area contributed by atoms with Gasteiger partial charge in [0.15, 0.2) is 0 Å². The quantitative estimate of drug-likeness (QED) is 0.344. The topological polar surface area (TPSA) is 91.3 Å². The van der Waals surface area contributed by atoms with Crippen LogP contribution in [0.2, 0.25) is 0 Å². The summed E-state index contributed by atoms with van der Waals surface area (Å²) in [6.07, 6.45) is 5.37. The number of ether oxygens (including phenoxy) is 1. The van der Waals surface area contributed by atoms with Crippen LogP contribution in [0, 0.1) is 22.5 Å². The first-order chi connectivity index (χ1) is 7.15. The standard InChI is InChI=1S/C9H9N3O3/c1-2-3-6-15-9-7(12(13)14)4-5-8(10)11-9/h1,4-5H,3,6H2,(H2,10,11). The largest absolute Gasteiger partial charge is 0.472 e. The van der Waals surface area contributed by atoms with Gasteiger partial charge in [0.1, 0.15) is 12.4 Å². The average Bonchev–Trinajstić information content (AvgIpc) is 2.18. The molecule has 15 heavy (non-hydrogen) atoms. The first kappa shape index (κ1) is 10.8. The zero-order valence-electron chi connectivity index (χ0n) is 7.84. The Hall–Kier alpha value is -2.29. The van der Waals surface area contributed by atoms with Gasteiger partial charge in [0.05, 0.1) is 4.92 Å². The summed E-state index contributed by atoms with van der Waals surface area (Å²) in [5.41, 5.74) is 5.16. The Morgan fingerprint density at radius 3 is 3.00 bits per heavy atom. The van der Waals surface area contributed by atoms with Gasteiger partial charge in [-0.1, -0.05) is 0 Å². The minimum absolute atomic E-state index is 0.102. The Morgan fingerprint density at radius 1 is 1.67 bits per heavy atom. The number of pyridine rings is 1. The number of nitrogens with two attached hydrogens (primary N) is 1. The lowest BCUT2D eigenvalue weighted by Crippen LogP contribution is -2.03. The van der Waals surface area contributed by atoms with Crippen molar-refractivity contribution in [1.82, 2.24) is 4.98 Å². The van der Waals surface area contributed by atoms with Gasteiger partial charge in [-0.15, -0.1) is 12.3 Å². The second-order valence-corrected chi connectivity index (χ2v) is 2.62. The van der Waals surface area contributed by atoms with E-state index in [1.165, 1.54) is 12.1 Å². The number of aromatic nitrogens is 1. The molecule has 1 aromatic rings. The molecule has 6 heteroatoms. The Labute approximate surface area is 86.2 Å². The fourth-order valence-electron chi connectivity index (χ4n) is 0.899. The lowest BCUT2D eigenvalue weighted by Gasteiger charge is -2.03. The van der Waals surface area contributed by atoms with E-state index in [0.29, 0.717) is 6.42 Å². The number of nitro groups is 1. The highest BCUT2D eigenvalue weighted by molar-refractivity contribution is 5.46. The molecule has 1 aromatic heterocycles. The first-order valence-corrected chi connectivity index (χ1v) is 4.12. The number of nitrogen functional groups attached to an aromatic ring is 1. The van der Waals surface area contributed by atoms with E-state index in [0.717, 1.165) is 0 Å². The maximum Gasteiger partial charge on any atom is 0.331 e. The zero-order chi connectivity index (χ0) is 11.3. The van der Waals surface area contributed by atoms with E-state index < -0.39 is 4.92 Å². The molecule has 0 radical (unpaired) electrons. The van der Waals surface area contributed by atoms with Crippen molar-refractivity contribution in [3.05, 3.63) is 22.2 Å². The summed E-state index contributed by atoms with van der Waals surface area (Å²) in [5.74, 6) is 2.41. The van der Waals surface area contributed by atoms with Gasteiger partial charge < -0.3 is 10.5 Å². The molecule has 0 amide bonds. The number of terminal acetylenes is 1. The van der Waals surface area contributed by atoms with Crippen molar-refractivity contribution in [2.24, 2.45) is 0 Å². The highest BCUT2D eigenvalue weighted by Crippen LogP contribution is 2.25. The molecule has 1 heterocycles. The minimum atomic E-state index is -0.586. The van der Waals surface area contributed by atoms with Crippen molar-refractivity contribution in [2.75, 3.05) is 12.3 Å². The molecule has 0 spiro atoms. The molecule has 0 aliphatic carbocycles. The van der Waals surface area contributed by atoms with Crippen molar-refractivity contribution in [2.45, 2.75) is 6.42 Å². The predicted molar refractivity (Wildman–Crippen MR) is 54.2 cm³/mol. The molecular weight excluding hydrogens is 198 g/mol. The van der Waals surface area contributed by atoms with Crippen LogP contribution in [-0.2, 0) is 0 Å². The molecular formula is C9H9N3O3. The Bertz CT molecular complexity index is 412. The molecule has 78 valence electrons. The lowest BCUT2D eigenvalue weighted by molar-refractivity contribution is -0.386. The smallest absolute Gasteiger partial charge is 0.331 e. The van der Waals surface area contributed by atoms with Crippen LogP contribution in [0.1, 0.15) is 6.42 Å². The number of hydrogen-bond donors (Lipinski definition) is 1. The third-order valence-corrected chi connectivity index (χ3v) is 1.54. The van der Waals surface area contributed by atoms with Crippen LogP contribution >= 0.6 is 0 Å². The fraction of sp³-hybridized carbons (Fsp3) is 0.222. The van der Waals surface area contributed by atoms with Crippen LogP contribution in [0.5, 0.6) is 5.88 Å². The summed E-state index contributed by atoms with van der Waals surface area (Å²) in [4.78, 5) is 13.7. The summed E-state index contributed by atoms with van der Waals surface area (Å²) < 4.78 is 5.04. The number of rotatable bonds is 4. The van der Waals surface area contributed by atoms with Crippen molar-refractivity contribution in [3.8, 4) is 18.2 Å². The third-order valence-electron chi connectivity index (χ3n) is 1.54. The Morgan fingerprint density at radius 2 is 2.40 bits per heavy atom. The van der Waals surface area contributed by atoms with E-state index in [1.807, 2.05) is 0 Å². The van der Waals surface area contributed by atoms with Gasteiger partial charge in [-0.25, -0.2) is 0 Å². The number of hydrogen-bond acceptors (Lipinski definition) is 5. The van der Waals surface area contributed by atoms with E-state index in [4.69, 9.17) is 16.9 Å². The minimum Gasteiger partial charge on any atom is -0.472 e. The van der Waals surface area contributed by atoms with Crippen molar-refractivity contribution in [1.29, 1.82) is 0 Å². The monoisotopic (exact) mass is 207 g/mol. The van der Waals surface area contributed by atoms with Crippen LogP contribution in [-0.4, -0.2) is 16.5 Å². The summed E-state index contributed by atoms with van der Waals surface area (Å²) in [6, 6.07) is 2.58. The molecule has 0 saturated heterocycles. The van der Waals surface area contributed by atoms with Crippen LogP contribution in [0.25, 0.3) is 0 Å². The molecule has 2 N–H and O–H groups in total. The van der Waals surface area contributed by atoms with E-state index in [2.05, 4.69) is 10.9 Å². The second kappa shape index (κ2) is 4.81. The fourth-order valence-corrected chi connectivity index (χ4v) is 0.899. The molecule has 0 saturated carbocycles. The van der Waals surface area contributed by atoms with Gasteiger partial charge >= 0.3 is 5.69 Å².